The Hall–Kier alpha value is -3.61. The van der Waals surface area contributed by atoms with Gasteiger partial charge in [-0.1, -0.05) is 0 Å². The minimum absolute atomic E-state index is 0.224. The Bertz CT molecular complexity index is 1610. The summed E-state index contributed by atoms with van der Waals surface area (Å²) in [4.78, 5) is 37.1. The van der Waals surface area contributed by atoms with Crippen LogP contribution in [-0.4, -0.2) is 79.6 Å². The number of nitrogens with zero attached hydrogens (tertiary/aromatic N) is 6. The van der Waals surface area contributed by atoms with Crippen LogP contribution in [0.2, 0.25) is 0 Å². The second-order valence-electron chi connectivity index (χ2n) is 8.61. The molecule has 0 unspecified atom stereocenters. The van der Waals surface area contributed by atoms with Gasteiger partial charge in [-0.25, -0.2) is 4.52 Å². The fourth-order valence-corrected chi connectivity index (χ4v) is 5.47. The van der Waals surface area contributed by atoms with Crippen LogP contribution in [0.4, 0.5) is 0 Å². The standard InChI is InChI=1S/C23H24N8O3S/c1-29-12-15(11-26-29)17-13-31-23(35-17)18-20(28-31)19-16(27-22(18)33)9-14(10-25-19)21(32)24-3-5-30-4-2-7-34-8-6-30/h9-13H,2-8H2,1H3,(H,24,32)(H,27,33). The number of fused-ring (bicyclic) bond motifs is 5. The lowest BCUT2D eigenvalue weighted by Gasteiger charge is -2.19. The first kappa shape index (κ1) is 21.9. The minimum atomic E-state index is -0.259. The molecule has 5 aromatic heterocycles. The van der Waals surface area contributed by atoms with E-state index in [0.717, 1.165) is 54.5 Å². The molecule has 0 spiro atoms. The smallest absolute Gasteiger partial charge is 0.261 e. The Labute approximate surface area is 203 Å². The van der Waals surface area contributed by atoms with Gasteiger partial charge in [0.25, 0.3) is 11.5 Å². The van der Waals surface area contributed by atoms with Crippen molar-refractivity contribution in [2.75, 3.05) is 39.4 Å². The average molecular weight is 493 g/mol. The molecule has 6 heterocycles. The van der Waals surface area contributed by atoms with Gasteiger partial charge in [-0.05, 0) is 12.5 Å². The third kappa shape index (κ3) is 4.09. The van der Waals surface area contributed by atoms with Crippen molar-refractivity contribution < 1.29 is 9.53 Å². The molecule has 11 nitrogen and oxygen atoms in total. The van der Waals surface area contributed by atoms with E-state index >= 15 is 0 Å². The summed E-state index contributed by atoms with van der Waals surface area (Å²) in [7, 11) is 1.86. The highest BCUT2D eigenvalue weighted by Crippen LogP contribution is 2.32. The highest BCUT2D eigenvalue weighted by Gasteiger charge is 2.19. The third-order valence-electron chi connectivity index (χ3n) is 6.18. The van der Waals surface area contributed by atoms with E-state index in [1.54, 1.807) is 21.5 Å². The number of carbonyl (C=O) groups excluding carboxylic acids is 1. The number of H-pyrrole nitrogens is 1. The van der Waals surface area contributed by atoms with Crippen LogP contribution >= 0.6 is 11.3 Å². The summed E-state index contributed by atoms with van der Waals surface area (Å²) in [6.07, 6.45) is 8.12. The van der Waals surface area contributed by atoms with Crippen molar-refractivity contribution in [3.8, 4) is 10.4 Å². The van der Waals surface area contributed by atoms with E-state index in [4.69, 9.17) is 4.74 Å². The number of thiazole rings is 1. The molecule has 0 atom stereocenters. The molecule has 6 rings (SSSR count). The van der Waals surface area contributed by atoms with Crippen molar-refractivity contribution in [2.45, 2.75) is 6.42 Å². The monoisotopic (exact) mass is 492 g/mol. The van der Waals surface area contributed by atoms with Gasteiger partial charge >= 0.3 is 0 Å². The lowest BCUT2D eigenvalue weighted by Crippen LogP contribution is -2.36. The molecule has 0 bridgehead atoms. The van der Waals surface area contributed by atoms with Crippen LogP contribution in [0.15, 0.2) is 35.6 Å². The largest absolute Gasteiger partial charge is 0.380 e. The van der Waals surface area contributed by atoms with Gasteiger partial charge < -0.3 is 15.0 Å². The Morgan fingerprint density at radius 3 is 3.00 bits per heavy atom. The van der Waals surface area contributed by atoms with Gasteiger partial charge in [0, 0.05) is 64.0 Å². The first-order chi connectivity index (χ1) is 17.1. The van der Waals surface area contributed by atoms with Gasteiger partial charge in [-0.3, -0.25) is 24.2 Å². The Balaban J connectivity index is 1.26. The lowest BCUT2D eigenvalue weighted by atomic mass is 10.2. The zero-order valence-corrected chi connectivity index (χ0v) is 20.0. The summed E-state index contributed by atoms with van der Waals surface area (Å²) in [5, 5.41) is 12.3. The first-order valence-electron chi connectivity index (χ1n) is 11.5. The van der Waals surface area contributed by atoms with Crippen LogP contribution in [0, 0.1) is 0 Å². The van der Waals surface area contributed by atoms with Crippen LogP contribution in [-0.2, 0) is 11.8 Å². The molecule has 0 saturated carbocycles. The summed E-state index contributed by atoms with van der Waals surface area (Å²) in [5.41, 5.74) is 2.66. The van der Waals surface area contributed by atoms with Crippen molar-refractivity contribution in [3.63, 3.8) is 0 Å². The average Bonchev–Trinajstić information content (AvgIpc) is 3.48. The number of nitrogens with one attached hydrogen (secondary N) is 2. The number of pyridine rings is 2. The van der Waals surface area contributed by atoms with Crippen LogP contribution in [0.3, 0.4) is 0 Å². The molecule has 2 N–H and O–H groups in total. The van der Waals surface area contributed by atoms with E-state index in [1.165, 1.54) is 17.5 Å². The van der Waals surface area contributed by atoms with Gasteiger partial charge in [0.15, 0.2) is 0 Å². The molecule has 180 valence electrons. The van der Waals surface area contributed by atoms with Gasteiger partial charge in [-0.2, -0.15) is 10.2 Å². The summed E-state index contributed by atoms with van der Waals surface area (Å²) in [6.45, 7) is 4.65. The molecule has 12 heteroatoms. The van der Waals surface area contributed by atoms with E-state index in [-0.39, 0.29) is 11.5 Å². The second-order valence-corrected chi connectivity index (χ2v) is 9.64. The SMILES string of the molecule is Cn1cc(-c2cn3nc4c5ncc(C(=O)NCCN6CCCOCC6)cc5[nH]c(=O)c4c3s2)cn1. The minimum Gasteiger partial charge on any atom is -0.380 e. The lowest BCUT2D eigenvalue weighted by molar-refractivity contribution is 0.0947. The Morgan fingerprint density at radius 1 is 1.23 bits per heavy atom. The fraction of sp³-hybridized carbons (Fsp3) is 0.348. The number of aryl methyl sites for hydroxylation is 1. The molecule has 35 heavy (non-hydrogen) atoms. The van der Waals surface area contributed by atoms with Crippen molar-refractivity contribution >= 4 is 44.0 Å². The number of amides is 1. The molecular weight excluding hydrogens is 468 g/mol. The number of hydrogen-bond donors (Lipinski definition) is 2. The van der Waals surface area contributed by atoms with Crippen LogP contribution in [0.5, 0.6) is 0 Å². The Morgan fingerprint density at radius 2 is 2.14 bits per heavy atom. The molecule has 1 aliphatic heterocycles. The predicted octanol–water partition coefficient (Wildman–Crippen LogP) is 1.64. The van der Waals surface area contributed by atoms with Crippen molar-refractivity contribution in [1.82, 2.24) is 39.6 Å². The maximum atomic E-state index is 13.0. The van der Waals surface area contributed by atoms with Crippen LogP contribution < -0.4 is 10.9 Å². The van der Waals surface area contributed by atoms with Gasteiger partial charge in [0.2, 0.25) is 0 Å². The molecule has 1 fully saturated rings. The number of hydrogen-bond acceptors (Lipinski definition) is 8. The molecule has 0 aromatic carbocycles. The maximum absolute atomic E-state index is 13.0. The number of ether oxygens (including phenoxy) is 1. The maximum Gasteiger partial charge on any atom is 0.261 e. The van der Waals surface area contributed by atoms with E-state index in [1.807, 2.05) is 19.4 Å². The molecule has 1 amide bonds. The molecule has 0 aliphatic carbocycles. The van der Waals surface area contributed by atoms with Crippen LogP contribution in [0.25, 0.3) is 37.2 Å². The van der Waals surface area contributed by atoms with E-state index < -0.39 is 0 Å². The zero-order chi connectivity index (χ0) is 23.9. The molecule has 0 radical (unpaired) electrons. The quantitative estimate of drug-likeness (QED) is 0.382. The number of rotatable bonds is 5. The molecule has 5 aromatic rings. The zero-order valence-electron chi connectivity index (χ0n) is 19.2. The van der Waals surface area contributed by atoms with Crippen molar-refractivity contribution in [1.29, 1.82) is 0 Å². The van der Waals surface area contributed by atoms with E-state index in [9.17, 15) is 9.59 Å². The highest BCUT2D eigenvalue weighted by molar-refractivity contribution is 7.21. The topological polar surface area (TPSA) is 122 Å². The van der Waals surface area contributed by atoms with Crippen LogP contribution in [0.1, 0.15) is 16.8 Å². The van der Waals surface area contributed by atoms with Gasteiger partial charge in [-0.15, -0.1) is 11.3 Å². The highest BCUT2D eigenvalue weighted by atomic mass is 32.1. The predicted molar refractivity (Wildman–Crippen MR) is 133 cm³/mol. The summed E-state index contributed by atoms with van der Waals surface area (Å²) < 4.78 is 8.91. The molecule has 1 saturated heterocycles. The van der Waals surface area contributed by atoms with Gasteiger partial charge in [0.1, 0.15) is 21.3 Å². The molecule has 1 aliphatic rings. The normalized spacial score (nSPS) is 15.2. The second kappa shape index (κ2) is 8.87. The number of carbonyl (C=O) groups is 1. The number of aromatic nitrogens is 6. The summed E-state index contributed by atoms with van der Waals surface area (Å²) in [6, 6.07) is 1.66. The third-order valence-corrected chi connectivity index (χ3v) is 7.33. The molecular formula is C23H24N8O3S. The van der Waals surface area contributed by atoms with Crippen molar-refractivity contribution in [3.05, 3.63) is 46.8 Å². The van der Waals surface area contributed by atoms with Gasteiger partial charge in [0.05, 0.1) is 28.8 Å². The first-order valence-corrected chi connectivity index (χ1v) is 12.3. The summed E-state index contributed by atoms with van der Waals surface area (Å²) in [5.74, 6) is -0.224. The fourth-order valence-electron chi connectivity index (χ4n) is 4.41. The van der Waals surface area contributed by atoms with Crippen molar-refractivity contribution in [2.24, 2.45) is 7.05 Å². The summed E-state index contributed by atoms with van der Waals surface area (Å²) >= 11 is 1.48. The Kier molecular flexibility index (Phi) is 5.55. The number of aromatic amines is 1. The van der Waals surface area contributed by atoms with E-state index in [0.29, 0.717) is 34.0 Å². The van der Waals surface area contributed by atoms with E-state index in [2.05, 4.69) is 30.4 Å².